The molecule has 2 aromatic carbocycles. The molecule has 4 nitrogen and oxygen atoms in total. The van der Waals surface area contributed by atoms with Gasteiger partial charge in [0.1, 0.15) is 11.6 Å². The molecule has 0 aromatic heterocycles. The number of allylic oxidation sites excluding steroid dienone is 2. The second kappa shape index (κ2) is 9.43. The summed E-state index contributed by atoms with van der Waals surface area (Å²) in [5, 5.41) is 2.94. The van der Waals surface area contributed by atoms with Crippen molar-refractivity contribution in [1.29, 1.82) is 0 Å². The van der Waals surface area contributed by atoms with E-state index in [0.29, 0.717) is 18.0 Å². The summed E-state index contributed by atoms with van der Waals surface area (Å²) in [5.41, 5.74) is 4.78. The van der Waals surface area contributed by atoms with Crippen LogP contribution in [0.5, 0.6) is 5.75 Å². The minimum atomic E-state index is -0.330. The maximum absolute atomic E-state index is 13.0. The van der Waals surface area contributed by atoms with Crippen molar-refractivity contribution in [3.63, 3.8) is 0 Å². The van der Waals surface area contributed by atoms with Gasteiger partial charge < -0.3 is 15.0 Å². The highest BCUT2D eigenvalue weighted by molar-refractivity contribution is 5.94. The number of benzene rings is 2. The Morgan fingerprint density at radius 2 is 1.93 bits per heavy atom. The molecule has 2 aromatic rings. The summed E-state index contributed by atoms with van der Waals surface area (Å²) in [4.78, 5) is 14.6. The van der Waals surface area contributed by atoms with Gasteiger partial charge in [-0.2, -0.15) is 0 Å². The molecule has 30 heavy (non-hydrogen) atoms. The molecule has 0 spiro atoms. The van der Waals surface area contributed by atoms with Crippen LogP contribution in [0.25, 0.3) is 5.57 Å². The number of nitrogens with one attached hydrogen (secondary N) is 1. The molecule has 0 bridgehead atoms. The van der Waals surface area contributed by atoms with Gasteiger partial charge in [0.05, 0.1) is 7.11 Å². The van der Waals surface area contributed by atoms with E-state index in [9.17, 15) is 9.18 Å². The molecule has 2 aliphatic rings. The van der Waals surface area contributed by atoms with Crippen LogP contribution in [0.3, 0.4) is 0 Å². The molecule has 0 saturated carbocycles. The van der Waals surface area contributed by atoms with Gasteiger partial charge in [-0.3, -0.25) is 4.79 Å². The van der Waals surface area contributed by atoms with Crippen molar-refractivity contribution in [2.24, 2.45) is 5.92 Å². The number of ether oxygens (including phenoxy) is 1. The molecule has 5 heteroatoms. The molecule has 1 aliphatic heterocycles. The summed E-state index contributed by atoms with van der Waals surface area (Å²) in [6.45, 7) is 3.51. The molecule has 0 atom stereocenters. The number of carbonyl (C=O) groups is 1. The average molecular weight is 409 g/mol. The highest BCUT2D eigenvalue weighted by Gasteiger charge is 2.25. The van der Waals surface area contributed by atoms with Crippen LogP contribution in [0.1, 0.15) is 40.7 Å². The van der Waals surface area contributed by atoms with Crippen molar-refractivity contribution in [1.82, 2.24) is 10.2 Å². The standard InChI is InChI=1S/C25H29FN2O2/c1-30-22-10-7-18-3-2-4-23(24(18)17-22)19-11-14-28(15-12-19)16-13-27-25(29)20-5-8-21(26)9-6-20/h4-10,17,19H,2-3,11-16H2,1H3,(H,27,29). The predicted octanol–water partition coefficient (Wildman–Crippen LogP) is 4.31. The smallest absolute Gasteiger partial charge is 0.251 e. The number of fused-ring (bicyclic) bond motifs is 1. The molecular formula is C25H29FN2O2. The molecule has 1 saturated heterocycles. The first-order valence-electron chi connectivity index (χ1n) is 10.8. The number of methoxy groups -OCH3 is 1. The number of piperidine rings is 1. The second-order valence-corrected chi connectivity index (χ2v) is 8.10. The number of aryl methyl sites for hydroxylation is 1. The van der Waals surface area contributed by atoms with E-state index in [0.717, 1.165) is 51.1 Å². The van der Waals surface area contributed by atoms with E-state index in [1.54, 1.807) is 7.11 Å². The highest BCUT2D eigenvalue weighted by Crippen LogP contribution is 2.38. The molecule has 1 N–H and O–H groups in total. The van der Waals surface area contributed by atoms with Gasteiger partial charge >= 0.3 is 0 Å². The van der Waals surface area contributed by atoms with Gasteiger partial charge in [0.25, 0.3) is 5.91 Å². The minimum Gasteiger partial charge on any atom is -0.497 e. The molecular weight excluding hydrogens is 379 g/mol. The lowest BCUT2D eigenvalue weighted by Gasteiger charge is -2.34. The van der Waals surface area contributed by atoms with Gasteiger partial charge in [-0.1, -0.05) is 12.1 Å². The monoisotopic (exact) mass is 408 g/mol. The highest BCUT2D eigenvalue weighted by atomic mass is 19.1. The van der Waals surface area contributed by atoms with Gasteiger partial charge in [0.15, 0.2) is 0 Å². The Morgan fingerprint density at radius 1 is 1.17 bits per heavy atom. The molecule has 158 valence electrons. The number of hydrogen-bond donors (Lipinski definition) is 1. The summed E-state index contributed by atoms with van der Waals surface area (Å²) in [6, 6.07) is 12.1. The number of rotatable bonds is 6. The van der Waals surface area contributed by atoms with Crippen LogP contribution in [0, 0.1) is 11.7 Å². The van der Waals surface area contributed by atoms with Crippen molar-refractivity contribution < 1.29 is 13.9 Å². The second-order valence-electron chi connectivity index (χ2n) is 8.10. The topological polar surface area (TPSA) is 41.6 Å². The van der Waals surface area contributed by atoms with Crippen LogP contribution in [0.2, 0.25) is 0 Å². The molecule has 4 rings (SSSR count). The van der Waals surface area contributed by atoms with Crippen molar-refractivity contribution in [3.8, 4) is 5.75 Å². The zero-order chi connectivity index (χ0) is 20.9. The van der Waals surface area contributed by atoms with Gasteiger partial charge in [0.2, 0.25) is 0 Å². The first-order valence-corrected chi connectivity index (χ1v) is 10.8. The third-order valence-corrected chi connectivity index (χ3v) is 6.25. The van der Waals surface area contributed by atoms with Crippen LogP contribution < -0.4 is 10.1 Å². The number of amides is 1. The zero-order valence-corrected chi connectivity index (χ0v) is 17.5. The Hall–Kier alpha value is -2.66. The minimum absolute atomic E-state index is 0.150. The number of halogens is 1. The average Bonchev–Trinajstić information content (AvgIpc) is 2.79. The first kappa shape index (κ1) is 20.6. The lowest BCUT2D eigenvalue weighted by atomic mass is 9.79. The number of nitrogens with zero attached hydrogens (tertiary/aromatic N) is 1. The van der Waals surface area contributed by atoms with E-state index in [4.69, 9.17) is 4.74 Å². The predicted molar refractivity (Wildman–Crippen MR) is 117 cm³/mol. The molecule has 0 radical (unpaired) electrons. The van der Waals surface area contributed by atoms with Gasteiger partial charge in [-0.05, 0) is 97.8 Å². The largest absolute Gasteiger partial charge is 0.497 e. The van der Waals surface area contributed by atoms with E-state index < -0.39 is 0 Å². The van der Waals surface area contributed by atoms with Crippen LogP contribution in [0.15, 0.2) is 48.5 Å². The van der Waals surface area contributed by atoms with E-state index >= 15 is 0 Å². The number of carbonyl (C=O) groups excluding carboxylic acids is 1. The molecule has 1 amide bonds. The van der Waals surface area contributed by atoms with Crippen LogP contribution >= 0.6 is 0 Å². The Kier molecular flexibility index (Phi) is 6.48. The lowest BCUT2D eigenvalue weighted by molar-refractivity contribution is 0.0945. The number of hydrogen-bond acceptors (Lipinski definition) is 3. The fourth-order valence-electron chi connectivity index (χ4n) is 4.55. The Morgan fingerprint density at radius 3 is 2.67 bits per heavy atom. The fraction of sp³-hybridized carbons (Fsp3) is 0.400. The third-order valence-electron chi connectivity index (χ3n) is 6.25. The Balaban J connectivity index is 1.27. The number of likely N-dealkylation sites (tertiary alicyclic amines) is 1. The lowest BCUT2D eigenvalue weighted by Crippen LogP contribution is -2.39. The van der Waals surface area contributed by atoms with E-state index in [1.807, 2.05) is 0 Å². The van der Waals surface area contributed by atoms with Crippen molar-refractivity contribution in [3.05, 3.63) is 71.0 Å². The quantitative estimate of drug-likeness (QED) is 0.775. The van der Waals surface area contributed by atoms with Crippen LogP contribution in [0.4, 0.5) is 4.39 Å². The van der Waals surface area contributed by atoms with Gasteiger partial charge in [-0.25, -0.2) is 4.39 Å². The van der Waals surface area contributed by atoms with Gasteiger partial charge in [0, 0.05) is 18.7 Å². The Labute approximate surface area is 177 Å². The van der Waals surface area contributed by atoms with Crippen molar-refractivity contribution in [2.75, 3.05) is 33.3 Å². The SMILES string of the molecule is COc1ccc2c(c1)C(C1CCN(CCNC(=O)c3ccc(F)cc3)CC1)=CCC2. The van der Waals surface area contributed by atoms with E-state index in [1.165, 1.54) is 41.0 Å². The summed E-state index contributed by atoms with van der Waals surface area (Å²) in [5.74, 6) is 1.03. The summed E-state index contributed by atoms with van der Waals surface area (Å²) < 4.78 is 18.4. The van der Waals surface area contributed by atoms with Crippen molar-refractivity contribution >= 4 is 11.5 Å². The molecule has 1 aliphatic carbocycles. The van der Waals surface area contributed by atoms with Crippen molar-refractivity contribution in [2.45, 2.75) is 25.7 Å². The van der Waals surface area contributed by atoms with E-state index in [-0.39, 0.29) is 11.7 Å². The maximum Gasteiger partial charge on any atom is 0.251 e. The normalized spacial score (nSPS) is 17.2. The maximum atomic E-state index is 13.0. The summed E-state index contributed by atoms with van der Waals surface area (Å²) in [6.07, 6.45) is 6.91. The van der Waals surface area contributed by atoms with Gasteiger partial charge in [-0.15, -0.1) is 0 Å². The third kappa shape index (κ3) is 4.73. The molecule has 1 fully saturated rings. The fourth-order valence-corrected chi connectivity index (χ4v) is 4.55. The first-order chi connectivity index (χ1) is 14.6. The molecule has 0 unspecified atom stereocenters. The summed E-state index contributed by atoms with van der Waals surface area (Å²) in [7, 11) is 1.72. The molecule has 1 heterocycles. The van der Waals surface area contributed by atoms with E-state index in [2.05, 4.69) is 34.5 Å². The summed E-state index contributed by atoms with van der Waals surface area (Å²) >= 11 is 0. The van der Waals surface area contributed by atoms with Crippen LogP contribution in [-0.2, 0) is 6.42 Å². The Bertz CT molecular complexity index is 915. The van der Waals surface area contributed by atoms with Crippen LogP contribution in [-0.4, -0.2) is 44.1 Å². The zero-order valence-electron chi connectivity index (χ0n) is 17.5.